The number of aryl methyl sites for hydroxylation is 1. The number of hydrogen-bond donors (Lipinski definition) is 1. The first-order valence-electron chi connectivity index (χ1n) is 5.48. The smallest absolute Gasteiger partial charge is 0.149 e. The SMILES string of the molecule is Cc1cc(Cl)cc(C(O)c2ccc(Br)c(Cl)c2F)c1. The molecule has 0 aliphatic heterocycles. The molecule has 0 fully saturated rings. The van der Waals surface area contributed by atoms with Crippen LogP contribution in [0.25, 0.3) is 0 Å². The first-order valence-corrected chi connectivity index (χ1v) is 7.03. The molecular weight excluding hydrogens is 354 g/mol. The molecule has 2 aromatic carbocycles. The molecule has 19 heavy (non-hydrogen) atoms. The Morgan fingerprint density at radius 2 is 1.89 bits per heavy atom. The molecule has 0 aliphatic rings. The molecule has 0 spiro atoms. The minimum absolute atomic E-state index is 0.0460. The summed E-state index contributed by atoms with van der Waals surface area (Å²) in [6.07, 6.45) is -1.11. The lowest BCUT2D eigenvalue weighted by molar-refractivity contribution is 0.215. The maximum atomic E-state index is 14.0. The van der Waals surface area contributed by atoms with Crippen LogP contribution < -0.4 is 0 Å². The van der Waals surface area contributed by atoms with Crippen LogP contribution in [0.3, 0.4) is 0 Å². The third kappa shape index (κ3) is 3.11. The Bertz CT molecular complexity index is 611. The minimum atomic E-state index is -1.11. The third-order valence-corrected chi connectivity index (χ3v) is 4.22. The van der Waals surface area contributed by atoms with E-state index in [1.54, 1.807) is 24.3 Å². The van der Waals surface area contributed by atoms with Gasteiger partial charge in [-0.15, -0.1) is 0 Å². The van der Waals surface area contributed by atoms with Crippen molar-refractivity contribution in [2.24, 2.45) is 0 Å². The summed E-state index contributed by atoms with van der Waals surface area (Å²) >= 11 is 14.9. The quantitative estimate of drug-likeness (QED) is 0.719. The van der Waals surface area contributed by atoms with Gasteiger partial charge in [-0.2, -0.15) is 0 Å². The van der Waals surface area contributed by atoms with E-state index < -0.39 is 11.9 Å². The zero-order chi connectivity index (χ0) is 14.2. The highest BCUT2D eigenvalue weighted by molar-refractivity contribution is 9.10. The number of halogens is 4. The third-order valence-electron chi connectivity index (χ3n) is 2.74. The second kappa shape index (κ2) is 5.80. The predicted molar refractivity (Wildman–Crippen MR) is 79.4 cm³/mol. The summed E-state index contributed by atoms with van der Waals surface area (Å²) in [6.45, 7) is 1.85. The molecule has 5 heteroatoms. The van der Waals surface area contributed by atoms with Crippen molar-refractivity contribution < 1.29 is 9.50 Å². The molecule has 0 aromatic heterocycles. The summed E-state index contributed by atoms with van der Waals surface area (Å²) in [5.41, 5.74) is 1.54. The molecule has 2 aromatic rings. The lowest BCUT2D eigenvalue weighted by Crippen LogP contribution is -2.03. The average Bonchev–Trinajstić information content (AvgIpc) is 2.34. The summed E-state index contributed by atoms with van der Waals surface area (Å²) in [4.78, 5) is 0. The van der Waals surface area contributed by atoms with Gasteiger partial charge in [0.25, 0.3) is 0 Å². The highest BCUT2D eigenvalue weighted by Crippen LogP contribution is 2.33. The Morgan fingerprint density at radius 1 is 1.21 bits per heavy atom. The second-order valence-corrected chi connectivity index (χ2v) is 5.90. The van der Waals surface area contributed by atoms with Crippen molar-refractivity contribution in [1.82, 2.24) is 0 Å². The average molecular weight is 364 g/mol. The van der Waals surface area contributed by atoms with Gasteiger partial charge >= 0.3 is 0 Å². The lowest BCUT2D eigenvalue weighted by Gasteiger charge is -2.15. The van der Waals surface area contributed by atoms with Crippen molar-refractivity contribution in [1.29, 1.82) is 0 Å². The Kier molecular flexibility index (Phi) is 4.51. The zero-order valence-electron chi connectivity index (χ0n) is 9.92. The summed E-state index contributed by atoms with van der Waals surface area (Å²) in [5, 5.41) is 10.7. The number of rotatable bonds is 2. The molecule has 0 amide bonds. The van der Waals surface area contributed by atoms with E-state index in [0.717, 1.165) is 5.56 Å². The summed E-state index contributed by atoms with van der Waals surface area (Å²) < 4.78 is 14.5. The number of aliphatic hydroxyl groups excluding tert-OH is 1. The molecule has 1 atom stereocenters. The zero-order valence-corrected chi connectivity index (χ0v) is 13.0. The fraction of sp³-hybridized carbons (Fsp3) is 0.143. The standard InChI is InChI=1S/C14H10BrCl2FO/c1-7-4-8(6-9(16)5-7)14(19)10-2-3-11(15)12(17)13(10)18/h2-6,14,19H,1H3. The molecule has 1 nitrogen and oxygen atoms in total. The van der Waals surface area contributed by atoms with Gasteiger partial charge < -0.3 is 5.11 Å². The molecule has 100 valence electrons. The van der Waals surface area contributed by atoms with Crippen molar-refractivity contribution in [2.45, 2.75) is 13.0 Å². The normalized spacial score (nSPS) is 12.5. The Labute approximate surface area is 129 Å². The van der Waals surface area contributed by atoms with Gasteiger partial charge in [0.15, 0.2) is 0 Å². The molecule has 0 saturated carbocycles. The van der Waals surface area contributed by atoms with E-state index in [9.17, 15) is 9.50 Å². The second-order valence-electron chi connectivity index (χ2n) is 4.23. The van der Waals surface area contributed by atoms with Gasteiger partial charge in [-0.05, 0) is 52.2 Å². The fourth-order valence-electron chi connectivity index (χ4n) is 1.85. The predicted octanol–water partition coefficient (Wildman–Crippen LogP) is 5.29. The van der Waals surface area contributed by atoms with E-state index in [-0.39, 0.29) is 10.6 Å². The van der Waals surface area contributed by atoms with Gasteiger partial charge in [-0.3, -0.25) is 0 Å². The Hall–Kier alpha value is -0.610. The first-order chi connectivity index (χ1) is 8.90. The van der Waals surface area contributed by atoms with Crippen molar-refractivity contribution in [3.63, 3.8) is 0 Å². The number of hydrogen-bond acceptors (Lipinski definition) is 1. The fourth-order valence-corrected chi connectivity index (χ4v) is 2.63. The summed E-state index contributed by atoms with van der Waals surface area (Å²) in [7, 11) is 0. The summed E-state index contributed by atoms with van der Waals surface area (Å²) in [6, 6.07) is 8.22. The Balaban J connectivity index is 2.50. The molecule has 1 N–H and O–H groups in total. The van der Waals surface area contributed by atoms with Crippen LogP contribution in [0.5, 0.6) is 0 Å². The largest absolute Gasteiger partial charge is 0.384 e. The van der Waals surface area contributed by atoms with E-state index in [1.807, 2.05) is 6.92 Å². The maximum absolute atomic E-state index is 14.0. The van der Waals surface area contributed by atoms with Crippen molar-refractivity contribution in [3.05, 3.63) is 67.4 Å². The van der Waals surface area contributed by atoms with E-state index in [4.69, 9.17) is 23.2 Å². The molecule has 0 bridgehead atoms. The topological polar surface area (TPSA) is 20.2 Å². The van der Waals surface area contributed by atoms with E-state index in [2.05, 4.69) is 15.9 Å². The van der Waals surface area contributed by atoms with Gasteiger partial charge in [-0.25, -0.2) is 4.39 Å². The summed E-state index contributed by atoms with van der Waals surface area (Å²) in [5.74, 6) is -0.638. The van der Waals surface area contributed by atoms with Crippen LogP contribution in [0.15, 0.2) is 34.8 Å². The molecular formula is C14H10BrCl2FO. The molecule has 2 rings (SSSR count). The number of aliphatic hydroxyl groups is 1. The van der Waals surface area contributed by atoms with E-state index in [0.29, 0.717) is 15.1 Å². The van der Waals surface area contributed by atoms with E-state index >= 15 is 0 Å². The van der Waals surface area contributed by atoms with Gasteiger partial charge in [0.1, 0.15) is 11.9 Å². The monoisotopic (exact) mass is 362 g/mol. The van der Waals surface area contributed by atoms with Gasteiger partial charge in [-0.1, -0.05) is 35.3 Å². The molecule has 0 aliphatic carbocycles. The molecule has 0 saturated heterocycles. The van der Waals surface area contributed by atoms with Gasteiger partial charge in [0.05, 0.1) is 5.02 Å². The highest BCUT2D eigenvalue weighted by Gasteiger charge is 2.19. The lowest BCUT2D eigenvalue weighted by atomic mass is 9.99. The van der Waals surface area contributed by atoms with Crippen LogP contribution in [-0.4, -0.2) is 5.11 Å². The van der Waals surface area contributed by atoms with Crippen LogP contribution in [0, 0.1) is 12.7 Å². The molecule has 1 unspecified atom stereocenters. The molecule has 0 heterocycles. The van der Waals surface area contributed by atoms with Crippen LogP contribution in [0.2, 0.25) is 10.0 Å². The van der Waals surface area contributed by atoms with Crippen molar-refractivity contribution in [3.8, 4) is 0 Å². The number of benzene rings is 2. The van der Waals surface area contributed by atoms with Crippen LogP contribution in [0.1, 0.15) is 22.8 Å². The van der Waals surface area contributed by atoms with Crippen molar-refractivity contribution in [2.75, 3.05) is 0 Å². The van der Waals surface area contributed by atoms with E-state index in [1.165, 1.54) is 6.07 Å². The van der Waals surface area contributed by atoms with Gasteiger partial charge in [0.2, 0.25) is 0 Å². The van der Waals surface area contributed by atoms with Crippen LogP contribution in [-0.2, 0) is 0 Å². The minimum Gasteiger partial charge on any atom is -0.384 e. The Morgan fingerprint density at radius 3 is 2.53 bits per heavy atom. The van der Waals surface area contributed by atoms with Crippen molar-refractivity contribution >= 4 is 39.1 Å². The highest BCUT2D eigenvalue weighted by atomic mass is 79.9. The van der Waals surface area contributed by atoms with Gasteiger partial charge in [0, 0.05) is 15.1 Å². The molecule has 0 radical (unpaired) electrons. The van der Waals surface area contributed by atoms with Crippen LogP contribution in [0.4, 0.5) is 4.39 Å². The maximum Gasteiger partial charge on any atom is 0.149 e. The first kappa shape index (κ1) is 14.8. The van der Waals surface area contributed by atoms with Crippen LogP contribution >= 0.6 is 39.1 Å².